The molecule has 2 rings (SSSR count). The van der Waals surface area contributed by atoms with E-state index in [2.05, 4.69) is 0 Å². The summed E-state index contributed by atoms with van der Waals surface area (Å²) in [5.41, 5.74) is 1.63. The molecule has 0 radical (unpaired) electrons. The van der Waals surface area contributed by atoms with Crippen molar-refractivity contribution in [3.05, 3.63) is 74.2 Å². The van der Waals surface area contributed by atoms with Gasteiger partial charge in [0.25, 0.3) is 5.69 Å². The fourth-order valence-electron chi connectivity index (χ4n) is 2.31. The van der Waals surface area contributed by atoms with Crippen molar-refractivity contribution in [2.24, 2.45) is 0 Å². The molecule has 7 heteroatoms. The Labute approximate surface area is 146 Å². The summed E-state index contributed by atoms with van der Waals surface area (Å²) in [4.78, 5) is 10.2. The number of sulfone groups is 1. The van der Waals surface area contributed by atoms with Crippen molar-refractivity contribution >= 4 is 21.6 Å². The Bertz CT molecular complexity index is 985. The largest absolute Gasteiger partial charge is 0.273 e. The van der Waals surface area contributed by atoms with Crippen molar-refractivity contribution in [2.45, 2.75) is 25.2 Å². The van der Waals surface area contributed by atoms with Gasteiger partial charge in [0.1, 0.15) is 11.0 Å². The Morgan fingerprint density at radius 2 is 1.88 bits per heavy atom. The predicted molar refractivity (Wildman–Crippen MR) is 94.4 cm³/mol. The van der Waals surface area contributed by atoms with Crippen molar-refractivity contribution in [1.82, 2.24) is 0 Å². The van der Waals surface area contributed by atoms with Crippen LogP contribution in [0.15, 0.2) is 52.3 Å². The lowest BCUT2D eigenvalue weighted by atomic mass is 10.1. The second kappa shape index (κ2) is 7.28. The molecule has 0 amide bonds. The van der Waals surface area contributed by atoms with Gasteiger partial charge in [-0.3, -0.25) is 10.1 Å². The van der Waals surface area contributed by atoms with E-state index in [4.69, 9.17) is 0 Å². The summed E-state index contributed by atoms with van der Waals surface area (Å²) in [5, 5.41) is 20.4. The van der Waals surface area contributed by atoms with Gasteiger partial charge in [0.05, 0.1) is 9.82 Å². The maximum absolute atomic E-state index is 12.6. The highest BCUT2D eigenvalue weighted by atomic mass is 32.2. The first kappa shape index (κ1) is 18.4. The molecule has 0 aliphatic carbocycles. The monoisotopic (exact) mass is 356 g/mol. The zero-order valence-corrected chi connectivity index (χ0v) is 14.6. The van der Waals surface area contributed by atoms with E-state index in [1.54, 1.807) is 37.3 Å². The Morgan fingerprint density at radius 3 is 2.40 bits per heavy atom. The topological polar surface area (TPSA) is 101 Å². The van der Waals surface area contributed by atoms with Crippen LogP contribution in [-0.4, -0.2) is 13.3 Å². The second-order valence-electron chi connectivity index (χ2n) is 5.44. The zero-order valence-electron chi connectivity index (χ0n) is 13.8. The highest BCUT2D eigenvalue weighted by molar-refractivity contribution is 7.95. The summed E-state index contributed by atoms with van der Waals surface area (Å²) in [5.74, 6) is 0. The fraction of sp³-hybridized carbons (Fsp3) is 0.167. The van der Waals surface area contributed by atoms with Gasteiger partial charge < -0.3 is 0 Å². The number of nitrogens with zero attached hydrogens (tertiary/aromatic N) is 2. The molecule has 0 saturated heterocycles. The molecular formula is C18H16N2O4S. The third-order valence-electron chi connectivity index (χ3n) is 3.72. The van der Waals surface area contributed by atoms with Gasteiger partial charge in [-0.2, -0.15) is 5.26 Å². The summed E-state index contributed by atoms with van der Waals surface area (Å²) in [7, 11) is -3.98. The number of allylic oxidation sites excluding steroid dienone is 1. The van der Waals surface area contributed by atoms with Crippen LogP contribution in [0, 0.1) is 28.4 Å². The van der Waals surface area contributed by atoms with Gasteiger partial charge in [0.15, 0.2) is 0 Å². The van der Waals surface area contributed by atoms with Crippen LogP contribution < -0.4 is 0 Å². The first-order chi connectivity index (χ1) is 11.8. The lowest BCUT2D eigenvalue weighted by Crippen LogP contribution is -2.03. The van der Waals surface area contributed by atoms with Gasteiger partial charge in [-0.05, 0) is 37.1 Å². The van der Waals surface area contributed by atoms with Crippen LogP contribution in [0.25, 0.3) is 6.08 Å². The molecule has 0 unspecified atom stereocenters. The molecule has 0 heterocycles. The molecule has 0 aliphatic heterocycles. The van der Waals surface area contributed by atoms with Crippen molar-refractivity contribution in [2.75, 3.05) is 0 Å². The van der Waals surface area contributed by atoms with E-state index in [9.17, 15) is 23.8 Å². The normalized spacial score (nSPS) is 11.8. The average Bonchev–Trinajstić information content (AvgIpc) is 2.59. The first-order valence-corrected chi connectivity index (χ1v) is 8.98. The molecule has 0 saturated carbocycles. The van der Waals surface area contributed by atoms with E-state index in [1.165, 1.54) is 18.2 Å². The predicted octanol–water partition coefficient (Wildman–Crippen LogP) is 3.80. The van der Waals surface area contributed by atoms with E-state index in [0.717, 1.165) is 11.6 Å². The molecule has 6 nitrogen and oxygen atoms in total. The second-order valence-corrected chi connectivity index (χ2v) is 7.35. The van der Waals surface area contributed by atoms with Crippen LogP contribution in [0.1, 0.15) is 23.6 Å². The van der Waals surface area contributed by atoms with Crippen molar-refractivity contribution in [1.29, 1.82) is 5.26 Å². The van der Waals surface area contributed by atoms with E-state index < -0.39 is 19.7 Å². The van der Waals surface area contributed by atoms with E-state index in [1.807, 2.05) is 6.92 Å². The number of hydrogen-bond donors (Lipinski definition) is 0. The zero-order chi connectivity index (χ0) is 18.6. The van der Waals surface area contributed by atoms with Crippen molar-refractivity contribution < 1.29 is 13.3 Å². The molecule has 0 bridgehead atoms. The summed E-state index contributed by atoms with van der Waals surface area (Å²) in [6.07, 6.45) is 1.63. The molecule has 0 atom stereocenters. The summed E-state index contributed by atoms with van der Waals surface area (Å²) >= 11 is 0. The first-order valence-electron chi connectivity index (χ1n) is 7.50. The number of rotatable bonds is 5. The van der Waals surface area contributed by atoms with Crippen LogP contribution in [0.2, 0.25) is 0 Å². The van der Waals surface area contributed by atoms with Crippen molar-refractivity contribution in [3.63, 3.8) is 0 Å². The van der Waals surface area contributed by atoms with Gasteiger partial charge in [0.2, 0.25) is 9.84 Å². The molecule has 0 aromatic heterocycles. The standard InChI is InChI=1S/C18H16N2O4S/c1-3-15-7-6-14(11-18(15)20(21)22)10-17(12-19)25(23,24)16-8-4-13(2)5-9-16/h4-11H,3H2,1-2H3/b17-10+. The van der Waals surface area contributed by atoms with Gasteiger partial charge in [-0.1, -0.05) is 36.8 Å². The Morgan fingerprint density at radius 1 is 1.24 bits per heavy atom. The van der Waals surface area contributed by atoms with Gasteiger partial charge in [-0.15, -0.1) is 0 Å². The molecule has 2 aromatic rings. The van der Waals surface area contributed by atoms with E-state index in [-0.39, 0.29) is 16.1 Å². The molecule has 2 aromatic carbocycles. The number of benzene rings is 2. The number of hydrogen-bond acceptors (Lipinski definition) is 5. The molecule has 128 valence electrons. The number of nitro groups is 1. The average molecular weight is 356 g/mol. The maximum atomic E-state index is 12.6. The van der Waals surface area contributed by atoms with Crippen LogP contribution in [0.4, 0.5) is 5.69 Å². The maximum Gasteiger partial charge on any atom is 0.273 e. The third kappa shape index (κ3) is 3.92. The Kier molecular flexibility index (Phi) is 5.35. The van der Waals surface area contributed by atoms with E-state index >= 15 is 0 Å². The lowest BCUT2D eigenvalue weighted by Gasteiger charge is -2.05. The summed E-state index contributed by atoms with van der Waals surface area (Å²) < 4.78 is 25.2. The van der Waals surface area contributed by atoms with Crippen LogP contribution in [-0.2, 0) is 16.3 Å². The minimum atomic E-state index is -3.98. The van der Waals surface area contributed by atoms with Crippen molar-refractivity contribution in [3.8, 4) is 6.07 Å². The molecule has 0 spiro atoms. The van der Waals surface area contributed by atoms with Crippen LogP contribution in [0.3, 0.4) is 0 Å². The lowest BCUT2D eigenvalue weighted by molar-refractivity contribution is -0.385. The molecule has 0 N–H and O–H groups in total. The number of nitro benzene ring substituents is 1. The fourth-order valence-corrected chi connectivity index (χ4v) is 3.47. The minimum Gasteiger partial charge on any atom is -0.258 e. The van der Waals surface area contributed by atoms with Gasteiger partial charge in [-0.25, -0.2) is 8.42 Å². The molecule has 0 aliphatic rings. The quantitative estimate of drug-likeness (QED) is 0.461. The summed E-state index contributed by atoms with van der Waals surface area (Å²) in [6, 6.07) is 12.2. The Hall–Kier alpha value is -2.98. The SMILES string of the molecule is CCc1ccc(/C=C(\C#N)S(=O)(=O)c2ccc(C)cc2)cc1[N+](=O)[O-]. The highest BCUT2D eigenvalue weighted by Crippen LogP contribution is 2.25. The third-order valence-corrected chi connectivity index (χ3v) is 5.40. The molecule has 0 fully saturated rings. The smallest absolute Gasteiger partial charge is 0.258 e. The van der Waals surface area contributed by atoms with Gasteiger partial charge in [0, 0.05) is 11.6 Å². The molecular weight excluding hydrogens is 340 g/mol. The summed E-state index contributed by atoms with van der Waals surface area (Å²) in [6.45, 7) is 3.62. The van der Waals surface area contributed by atoms with E-state index in [0.29, 0.717) is 12.0 Å². The highest BCUT2D eigenvalue weighted by Gasteiger charge is 2.21. The van der Waals surface area contributed by atoms with Gasteiger partial charge >= 0.3 is 0 Å². The Balaban J connectivity index is 2.54. The number of nitriles is 1. The number of aryl methyl sites for hydroxylation is 2. The van der Waals surface area contributed by atoms with Crippen LogP contribution >= 0.6 is 0 Å². The molecule has 25 heavy (non-hydrogen) atoms. The van der Waals surface area contributed by atoms with Crippen LogP contribution in [0.5, 0.6) is 0 Å². The minimum absolute atomic E-state index is 0.00516.